The summed E-state index contributed by atoms with van der Waals surface area (Å²) in [5.41, 5.74) is 4.27. The van der Waals surface area contributed by atoms with Gasteiger partial charge in [-0.1, -0.05) is 12.6 Å². The van der Waals surface area contributed by atoms with Crippen molar-refractivity contribution in [1.82, 2.24) is 4.90 Å². The van der Waals surface area contributed by atoms with Crippen LogP contribution in [0, 0.1) is 12.8 Å². The first-order valence-corrected chi connectivity index (χ1v) is 9.38. The van der Waals surface area contributed by atoms with Crippen LogP contribution in [0.3, 0.4) is 0 Å². The number of nitrogens with zero attached hydrogens (tertiary/aromatic N) is 1. The predicted octanol–water partition coefficient (Wildman–Crippen LogP) is 4.09. The van der Waals surface area contributed by atoms with Crippen molar-refractivity contribution in [2.75, 3.05) is 18.4 Å². The Morgan fingerprint density at radius 2 is 2.20 bits per heavy atom. The molecule has 0 aliphatic carbocycles. The van der Waals surface area contributed by atoms with E-state index in [4.69, 9.17) is 0 Å². The molecule has 1 aliphatic rings. The number of hydrogen-bond donors (Lipinski definition) is 1. The summed E-state index contributed by atoms with van der Waals surface area (Å²) in [6.07, 6.45) is 2.95. The zero-order chi connectivity index (χ0) is 17.8. The fourth-order valence-corrected chi connectivity index (χ4v) is 3.85. The van der Waals surface area contributed by atoms with Gasteiger partial charge in [-0.25, -0.2) is 0 Å². The second kappa shape index (κ2) is 7.66. The highest BCUT2D eigenvalue weighted by molar-refractivity contribution is 7.08. The number of thiophene rings is 1. The lowest BCUT2D eigenvalue weighted by molar-refractivity contribution is -0.130. The zero-order valence-corrected chi connectivity index (χ0v) is 15.1. The highest BCUT2D eigenvalue weighted by Gasteiger charge is 2.27. The number of rotatable bonds is 4. The summed E-state index contributed by atoms with van der Waals surface area (Å²) in [6.45, 7) is 6.75. The molecule has 1 N–H and O–H groups in total. The molecule has 0 radical (unpaired) electrons. The Balaban J connectivity index is 1.72. The molecule has 130 valence electrons. The Hall–Kier alpha value is -2.40. The first-order chi connectivity index (χ1) is 12.1. The molecular formula is C20H22N2O2S. The Bertz CT molecular complexity index is 783. The number of carbonyl (C=O) groups is 2. The smallest absolute Gasteiger partial charge is 0.245 e. The van der Waals surface area contributed by atoms with Crippen molar-refractivity contribution in [3.8, 4) is 11.1 Å². The third-order valence-electron chi connectivity index (χ3n) is 4.62. The van der Waals surface area contributed by atoms with Gasteiger partial charge in [0.1, 0.15) is 0 Å². The third kappa shape index (κ3) is 3.99. The topological polar surface area (TPSA) is 49.4 Å². The molecule has 1 saturated heterocycles. The third-order valence-corrected chi connectivity index (χ3v) is 5.30. The summed E-state index contributed by atoms with van der Waals surface area (Å²) in [5, 5.41) is 7.17. The first kappa shape index (κ1) is 17.4. The summed E-state index contributed by atoms with van der Waals surface area (Å²) in [4.78, 5) is 26.1. The molecule has 1 fully saturated rings. The van der Waals surface area contributed by atoms with Gasteiger partial charge >= 0.3 is 0 Å². The van der Waals surface area contributed by atoms with Gasteiger partial charge in [-0.3, -0.25) is 9.59 Å². The van der Waals surface area contributed by atoms with Gasteiger partial charge in [0.05, 0.1) is 5.92 Å². The molecule has 2 amide bonds. The minimum absolute atomic E-state index is 0.0262. The molecule has 1 aromatic carbocycles. The average Bonchev–Trinajstić information content (AvgIpc) is 3.17. The largest absolute Gasteiger partial charge is 0.338 e. The number of anilines is 1. The van der Waals surface area contributed by atoms with Gasteiger partial charge in [0.15, 0.2) is 0 Å². The van der Waals surface area contributed by atoms with Crippen molar-refractivity contribution in [3.05, 3.63) is 53.2 Å². The second-order valence-electron chi connectivity index (χ2n) is 6.36. The van der Waals surface area contributed by atoms with Crippen molar-refractivity contribution < 1.29 is 9.59 Å². The Morgan fingerprint density at radius 3 is 2.92 bits per heavy atom. The number of piperidine rings is 1. The summed E-state index contributed by atoms with van der Waals surface area (Å²) < 4.78 is 0. The van der Waals surface area contributed by atoms with Gasteiger partial charge in [0, 0.05) is 18.8 Å². The molecule has 2 heterocycles. The van der Waals surface area contributed by atoms with Gasteiger partial charge in [-0.15, -0.1) is 0 Å². The van der Waals surface area contributed by atoms with Crippen LogP contribution in [0.25, 0.3) is 11.1 Å². The molecule has 1 atom stereocenters. The minimum Gasteiger partial charge on any atom is -0.338 e. The van der Waals surface area contributed by atoms with E-state index in [2.05, 4.69) is 30.3 Å². The summed E-state index contributed by atoms with van der Waals surface area (Å²) in [5.74, 6) is -0.308. The monoisotopic (exact) mass is 354 g/mol. The fourth-order valence-electron chi connectivity index (χ4n) is 3.19. The maximum absolute atomic E-state index is 12.6. The lowest BCUT2D eigenvalue weighted by Gasteiger charge is -2.31. The van der Waals surface area contributed by atoms with E-state index >= 15 is 0 Å². The van der Waals surface area contributed by atoms with E-state index in [9.17, 15) is 9.59 Å². The molecule has 4 nitrogen and oxygen atoms in total. The molecule has 1 unspecified atom stereocenters. The summed E-state index contributed by atoms with van der Waals surface area (Å²) >= 11 is 1.66. The molecular weight excluding hydrogens is 332 g/mol. The van der Waals surface area contributed by atoms with Crippen LogP contribution in [-0.4, -0.2) is 29.8 Å². The van der Waals surface area contributed by atoms with Crippen LogP contribution in [0.2, 0.25) is 0 Å². The summed E-state index contributed by atoms with van der Waals surface area (Å²) in [6, 6.07) is 8.05. The van der Waals surface area contributed by atoms with E-state index < -0.39 is 0 Å². The number of nitrogens with one attached hydrogen (secondary N) is 1. The molecule has 1 aromatic heterocycles. The molecule has 25 heavy (non-hydrogen) atoms. The minimum atomic E-state index is -0.177. The van der Waals surface area contributed by atoms with E-state index in [0.717, 1.165) is 24.1 Å². The van der Waals surface area contributed by atoms with Crippen LogP contribution in [0.5, 0.6) is 0 Å². The van der Waals surface area contributed by atoms with Gasteiger partial charge in [-0.05, 0) is 71.5 Å². The number of likely N-dealkylation sites (tertiary alicyclic amines) is 1. The summed E-state index contributed by atoms with van der Waals surface area (Å²) in [7, 11) is 0. The molecule has 0 bridgehead atoms. The lowest BCUT2D eigenvalue weighted by Crippen LogP contribution is -2.43. The van der Waals surface area contributed by atoms with Crippen LogP contribution in [0.1, 0.15) is 18.4 Å². The molecule has 5 heteroatoms. The fraction of sp³-hybridized carbons (Fsp3) is 0.300. The normalized spacial score (nSPS) is 17.2. The molecule has 1 aliphatic heterocycles. The van der Waals surface area contributed by atoms with Gasteiger partial charge in [0.2, 0.25) is 11.8 Å². The molecule has 3 rings (SSSR count). The van der Waals surface area contributed by atoms with Crippen LogP contribution in [0.4, 0.5) is 5.69 Å². The van der Waals surface area contributed by atoms with Gasteiger partial charge in [0.25, 0.3) is 0 Å². The Labute approximate surface area is 152 Å². The lowest BCUT2D eigenvalue weighted by atomic mass is 9.96. The number of carbonyl (C=O) groups excluding carboxylic acids is 2. The van der Waals surface area contributed by atoms with Crippen LogP contribution in [-0.2, 0) is 9.59 Å². The van der Waals surface area contributed by atoms with Crippen LogP contribution >= 0.6 is 11.3 Å². The average molecular weight is 354 g/mol. The standard InChI is InChI=1S/C20H22N2O2S/c1-3-19(23)22-9-4-5-15(12-22)20(24)21-17-7-6-14(2)18(11-17)16-8-10-25-13-16/h3,6-8,10-11,13,15H,1,4-5,9,12H2,2H3,(H,21,24). The van der Waals surface area contributed by atoms with Crippen molar-refractivity contribution in [2.45, 2.75) is 19.8 Å². The highest BCUT2D eigenvalue weighted by Crippen LogP contribution is 2.29. The second-order valence-corrected chi connectivity index (χ2v) is 7.14. The molecule has 0 spiro atoms. The first-order valence-electron chi connectivity index (χ1n) is 8.44. The SMILES string of the molecule is C=CC(=O)N1CCCC(C(=O)Nc2ccc(C)c(-c3ccsc3)c2)C1. The quantitative estimate of drug-likeness (QED) is 0.841. The highest BCUT2D eigenvalue weighted by atomic mass is 32.1. The number of benzene rings is 1. The maximum atomic E-state index is 12.6. The van der Waals surface area contributed by atoms with Crippen molar-refractivity contribution in [1.29, 1.82) is 0 Å². The van der Waals surface area contributed by atoms with Crippen LogP contribution < -0.4 is 5.32 Å². The molecule has 2 aromatic rings. The van der Waals surface area contributed by atoms with E-state index in [0.29, 0.717) is 13.1 Å². The maximum Gasteiger partial charge on any atom is 0.245 e. The van der Waals surface area contributed by atoms with Gasteiger partial charge < -0.3 is 10.2 Å². The van der Waals surface area contributed by atoms with Gasteiger partial charge in [-0.2, -0.15) is 11.3 Å². The number of amides is 2. The van der Waals surface area contributed by atoms with Crippen molar-refractivity contribution >= 4 is 28.8 Å². The number of hydrogen-bond acceptors (Lipinski definition) is 3. The Morgan fingerprint density at radius 1 is 1.36 bits per heavy atom. The van der Waals surface area contributed by atoms with Crippen LogP contribution in [0.15, 0.2) is 47.7 Å². The van der Waals surface area contributed by atoms with E-state index in [1.54, 1.807) is 16.2 Å². The van der Waals surface area contributed by atoms with Crippen molar-refractivity contribution in [3.63, 3.8) is 0 Å². The predicted molar refractivity (Wildman–Crippen MR) is 103 cm³/mol. The van der Waals surface area contributed by atoms with E-state index in [1.807, 2.05) is 23.6 Å². The zero-order valence-electron chi connectivity index (χ0n) is 14.3. The van der Waals surface area contributed by atoms with Crippen molar-refractivity contribution in [2.24, 2.45) is 5.92 Å². The van der Waals surface area contributed by atoms with E-state index in [-0.39, 0.29) is 17.7 Å². The Kier molecular flexibility index (Phi) is 5.34. The molecule has 0 saturated carbocycles. The van der Waals surface area contributed by atoms with E-state index in [1.165, 1.54) is 17.2 Å². The number of aryl methyl sites for hydroxylation is 1.